The maximum Gasteiger partial charge on any atom is 0.408 e. The van der Waals surface area contributed by atoms with Crippen molar-refractivity contribution in [2.75, 3.05) is 93.1 Å². The zero-order valence-electron chi connectivity index (χ0n) is 81.9. The number of aliphatic carboxylic acids is 4. The number of aromatic nitrogens is 1. The minimum absolute atomic E-state index is 0.0146. The van der Waals surface area contributed by atoms with E-state index in [1.165, 1.54) is 86.5 Å². The summed E-state index contributed by atoms with van der Waals surface area (Å²) in [5, 5.41) is 115. The van der Waals surface area contributed by atoms with Gasteiger partial charge in [-0.1, -0.05) is 101 Å². The van der Waals surface area contributed by atoms with E-state index in [9.17, 15) is 131 Å². The number of sulfonamides is 1. The van der Waals surface area contributed by atoms with Crippen LogP contribution in [-0.2, 0) is 117 Å². The highest BCUT2D eigenvalue weighted by atomic mass is 33.1. The van der Waals surface area contributed by atoms with Gasteiger partial charge in [-0.3, -0.25) is 91.8 Å². The van der Waals surface area contributed by atoms with Gasteiger partial charge in [-0.05, 0) is 171 Å². The Morgan fingerprint density at radius 1 is 0.607 bits per heavy atom. The van der Waals surface area contributed by atoms with E-state index in [4.69, 9.17) is 9.47 Å². The van der Waals surface area contributed by atoms with Crippen molar-refractivity contribution in [1.29, 1.82) is 0 Å². The molecule has 14 atom stereocenters. The number of carbonyl (C=O) groups excluding carboxylic acids is 12. The number of aliphatic hydroxyl groups excluding tert-OH is 3. The van der Waals surface area contributed by atoms with Gasteiger partial charge in [-0.25, -0.2) is 27.8 Å². The number of anilines is 2. The molecule has 3 heterocycles. The van der Waals surface area contributed by atoms with Crippen LogP contribution in [0.2, 0.25) is 0 Å². The van der Waals surface area contributed by atoms with Crippen LogP contribution in [0.3, 0.4) is 0 Å². The molecule has 2 saturated heterocycles. The summed E-state index contributed by atoms with van der Waals surface area (Å²) in [5.74, 6) is -13.9. The van der Waals surface area contributed by atoms with Crippen LogP contribution >= 0.6 is 33.3 Å². The fourth-order valence-corrected chi connectivity index (χ4v) is 19.8. The number of alkyl carbamates (subject to hydrolysis) is 2. The minimum atomic E-state index is -4.26. The summed E-state index contributed by atoms with van der Waals surface area (Å²) in [6, 6.07) is 20.6. The number of para-hydroxylation sites is 1. The second-order valence-electron chi connectivity index (χ2n) is 36.7. The number of aromatic amines is 1. The largest absolute Gasteiger partial charge is 0.508 e. The molecule has 21 N–H and O–H groups in total. The van der Waals surface area contributed by atoms with Gasteiger partial charge in [0.2, 0.25) is 59.1 Å². The number of ether oxygens (including phenoxy) is 2. The lowest BCUT2D eigenvalue weighted by Gasteiger charge is -2.39. The molecule has 794 valence electrons. The van der Waals surface area contributed by atoms with E-state index < -0.39 is 240 Å². The number of carbonyl (C=O) groups is 16. The van der Waals surface area contributed by atoms with Crippen LogP contribution in [0.4, 0.5) is 21.0 Å². The second-order valence-corrected chi connectivity index (χ2v) is 42.2. The molecule has 2 aliphatic heterocycles. The molecule has 0 aliphatic carbocycles. The van der Waals surface area contributed by atoms with E-state index in [1.807, 2.05) is 48.5 Å². The lowest BCUT2D eigenvalue weighted by atomic mass is 10.00. The summed E-state index contributed by atoms with van der Waals surface area (Å²) in [4.78, 5) is 223. The molecule has 145 heavy (non-hydrogen) atoms. The monoisotopic (exact) mass is 2100 g/mol. The molecule has 5 unspecified atom stereocenters. The van der Waals surface area contributed by atoms with Gasteiger partial charge < -0.3 is 108 Å². The van der Waals surface area contributed by atoms with Crippen molar-refractivity contribution in [3.8, 4) is 5.75 Å². The van der Waals surface area contributed by atoms with Crippen LogP contribution in [0, 0.1) is 5.92 Å². The van der Waals surface area contributed by atoms with Crippen LogP contribution in [0.1, 0.15) is 117 Å². The number of carboxylic acid groups (broad SMARTS) is 4. The van der Waals surface area contributed by atoms with Crippen molar-refractivity contribution < 1.29 is 146 Å². The molecule has 0 bridgehead atoms. The van der Waals surface area contributed by atoms with Crippen molar-refractivity contribution in [3.63, 3.8) is 0 Å². The number of imide groups is 1. The number of hydrogen-bond acceptors (Lipinski definition) is 32. The summed E-state index contributed by atoms with van der Waals surface area (Å²) in [6.45, 7) is 11.7. The van der Waals surface area contributed by atoms with Gasteiger partial charge in [0.1, 0.15) is 66.0 Å². The molecule has 46 nitrogen and oxygen atoms in total. The number of unbranched alkanes of at least 4 members (excludes halogenated alkanes) is 1. The van der Waals surface area contributed by atoms with Gasteiger partial charge in [0.15, 0.2) is 0 Å². The van der Waals surface area contributed by atoms with Crippen molar-refractivity contribution in [1.82, 2.24) is 72.9 Å². The number of nitrogens with zero attached hydrogens (tertiary/aromatic N) is 4. The Balaban J connectivity index is 0.000000400. The van der Waals surface area contributed by atoms with E-state index in [-0.39, 0.29) is 104 Å². The third kappa shape index (κ3) is 40.3. The first kappa shape index (κ1) is 119. The first-order valence-corrected chi connectivity index (χ1v) is 51.3. The molecule has 1 aromatic heterocycles. The van der Waals surface area contributed by atoms with Gasteiger partial charge >= 0.3 is 36.1 Å². The van der Waals surface area contributed by atoms with Gasteiger partial charge in [-0.2, -0.15) is 0 Å². The van der Waals surface area contributed by atoms with E-state index in [0.717, 1.165) is 64.5 Å². The predicted octanol–water partition coefficient (Wildman–Crippen LogP) is 2.26. The normalized spacial score (nSPS) is 19.0. The molecule has 0 spiro atoms. The highest BCUT2D eigenvalue weighted by Crippen LogP contribution is 2.33. The smallest absolute Gasteiger partial charge is 0.408 e. The zero-order valence-corrected chi connectivity index (χ0v) is 85.2. The average molecular weight is 2100 g/mol. The third-order valence-electron chi connectivity index (χ3n) is 22.4. The van der Waals surface area contributed by atoms with Gasteiger partial charge in [0.05, 0.1) is 66.9 Å². The number of hydrogen-bond donors (Lipinski definition) is 21. The summed E-state index contributed by atoms with van der Waals surface area (Å²) < 4.78 is 39.9. The number of likely N-dealkylation sites (N-methyl/N-ethyl adjacent to an activating group) is 1. The van der Waals surface area contributed by atoms with Crippen LogP contribution in [0.15, 0.2) is 138 Å². The molecular formula is C95H130N16O30S4. The number of benzene rings is 5. The molecule has 50 heteroatoms. The summed E-state index contributed by atoms with van der Waals surface area (Å²) >= 11 is 0.986. The van der Waals surface area contributed by atoms with Crippen LogP contribution in [0.5, 0.6) is 5.75 Å². The number of aromatic hydroxyl groups is 1. The highest BCUT2D eigenvalue weighted by molar-refractivity contribution is 8.76. The molecule has 8 rings (SSSR count). The van der Waals surface area contributed by atoms with Crippen molar-refractivity contribution >= 4 is 161 Å². The predicted molar refractivity (Wildman–Crippen MR) is 535 cm³/mol. The minimum Gasteiger partial charge on any atom is -0.508 e. The number of phenols is 1. The van der Waals surface area contributed by atoms with E-state index >= 15 is 0 Å². The fourth-order valence-electron chi connectivity index (χ4n) is 15.2. The number of thioether (sulfide) groups is 1. The number of aliphatic hydroxyl groups is 3. The second kappa shape index (κ2) is 57.2. The lowest BCUT2D eigenvalue weighted by molar-refractivity contribution is -0.277. The number of carboxylic acids is 4. The molecule has 0 saturated carbocycles. The van der Waals surface area contributed by atoms with Gasteiger partial charge in [-0.15, -0.1) is 11.8 Å². The number of amides is 12. The summed E-state index contributed by atoms with van der Waals surface area (Å²) in [7, 11) is -0.840. The maximum absolute atomic E-state index is 14.9. The third-order valence-corrected chi connectivity index (χ3v) is 27.5. The topological polar surface area (TPSA) is 678 Å². The maximum atomic E-state index is 14.9. The zero-order chi connectivity index (χ0) is 107. The highest BCUT2D eigenvalue weighted by Gasteiger charge is 2.43. The summed E-state index contributed by atoms with van der Waals surface area (Å²) in [5.41, 5.74) is 1.81. The standard InChI is InChI=1S/C55H75N9O13S2.C40H55N7O17S2/c1-31(24-34-14-8-7-9-15-34)47(69)62-44-29-78-79-30-45(52(74)61-43(28-65)32(2)66)63-53(75)46(33(3)67)64-48(70)40(18-12-13-23-56-54(76)77-55(4,5)6)58-50(72)42(26-36-27-57-39-17-11-10-16-38(36)39)60-49(71)41(59-51(44)73)25-35-19-21-37(68)22-20-35;1-24(16-44(18-33(49)50)19-34(51)52)46(23-63-60)28(17-45(20-35(53)54)21-36(55)56)14-25-6-8-26(9-7-25)43-66(61,62)29-12-10-27(11-13-29)47-32(48)15-31(38(47)58)65-22-30(37(57)41-5)42-39(59)64-40(2,3)4/h7-11,14-17,19-22,27,31-33,40-46,57,65-68H,12-13,18,23-26,28-30H2,1-6H3,(H,56,76)(H,58,72)(H,59,73)(H,60,71)(H,61,74)(H,62,69)(H,63,75)(H,64,70);6-13,24,28,30-31,43,60H,14-23H2,1-5H3,(H,41,57)(H,42,59)(H,49,50)(H,51,52)(H,53,54)(H,55,56)/t31?,32-,33-,40+,41+,42+,43-,44?,45?,46+;24-,28+,30?,31?/m10/s1. The van der Waals surface area contributed by atoms with Crippen molar-refractivity contribution in [2.24, 2.45) is 5.92 Å². The van der Waals surface area contributed by atoms with E-state index in [2.05, 4.69) is 67.8 Å². The number of H-pyrrole nitrogens is 1. The SMILES string of the molecule is CC(Cc1ccccc1)C(=O)NC1CSSCC(C(=O)N[C@H](CO)[C@@H](C)O)NC(=O)[C@H]([C@@H](C)O)NC(=O)[C@H](CCCCNC(=O)OC(C)(C)C)NC(=O)[C@H](Cc2c[nH]c3ccccc23)NC(=O)[C@H](Cc2ccc(O)cc2)NC1=O.CNC(=O)C(CSC1CC(=O)N(c2ccc(S(=O)(=O)Nc3ccc(C[C@H](CN(CC(=O)O)CC(=O)O)N(COO)[C@@H](C)CN(CC(=O)O)CC(=O)O)cc3)cc2)C1=O)NC(=O)OC(C)(C)C. The number of phenolic OH excluding ortho intramolecular Hbond substituents is 1. The average Bonchev–Trinajstić information content (AvgIpc) is 1.66. The number of fused-ring (bicyclic) bond motifs is 1. The molecule has 2 aliphatic rings. The Hall–Kier alpha value is -12.8. The lowest BCUT2D eigenvalue weighted by Crippen LogP contribution is -2.62. The Labute approximate surface area is 849 Å². The number of nitrogens with one attached hydrogen (secondary N) is 12. The Bertz CT molecular complexity index is 5490. The van der Waals surface area contributed by atoms with Crippen molar-refractivity contribution in [2.45, 2.75) is 215 Å². The number of rotatable bonds is 45. The van der Waals surface area contributed by atoms with E-state index in [0.29, 0.717) is 23.1 Å². The first-order valence-electron chi connectivity index (χ1n) is 46.3. The fraction of sp³-hybridized carbons (Fsp3) is 0.495. The molecule has 6 aromatic rings. The molecular weight excluding hydrogens is 1970 g/mol. The van der Waals surface area contributed by atoms with Crippen LogP contribution in [-0.4, -0.2) is 342 Å². The summed E-state index contributed by atoms with van der Waals surface area (Å²) in [6.07, 6.45) is -2.43. The molecule has 0 radical (unpaired) electrons. The van der Waals surface area contributed by atoms with Crippen molar-refractivity contribution in [3.05, 3.63) is 156 Å². The first-order chi connectivity index (χ1) is 68.3. The Morgan fingerprint density at radius 3 is 1.74 bits per heavy atom. The Morgan fingerprint density at radius 2 is 1.16 bits per heavy atom. The quantitative estimate of drug-likeness (QED) is 0.00651. The Kier molecular flexibility index (Phi) is 47.0. The molecule has 12 amide bonds. The van der Waals surface area contributed by atoms with Gasteiger partial charge in [0, 0.05) is 104 Å². The molecule has 2 fully saturated rings. The van der Waals surface area contributed by atoms with Gasteiger partial charge in [0.25, 0.3) is 10.0 Å². The van der Waals surface area contributed by atoms with Crippen LogP contribution < -0.4 is 62.8 Å². The van der Waals surface area contributed by atoms with E-state index in [1.54, 1.807) is 79.8 Å². The van der Waals surface area contributed by atoms with Crippen LogP contribution in [0.25, 0.3) is 10.9 Å². The molecule has 5 aromatic carbocycles.